The average molecular weight is 487 g/mol. The van der Waals surface area contributed by atoms with Crippen molar-refractivity contribution in [1.82, 2.24) is 0 Å². The molecular formula is C28H56NO5+. The molecule has 0 aromatic carbocycles. The van der Waals surface area contributed by atoms with E-state index in [1.165, 1.54) is 103 Å². The van der Waals surface area contributed by atoms with Gasteiger partial charge in [0.25, 0.3) is 5.97 Å². The number of fused-ring (bicyclic) bond motifs is 1. The van der Waals surface area contributed by atoms with Gasteiger partial charge in [-0.15, -0.1) is 0 Å². The lowest BCUT2D eigenvalue weighted by atomic mass is 10.1. The van der Waals surface area contributed by atoms with Crippen molar-refractivity contribution in [1.29, 1.82) is 0 Å². The zero-order chi connectivity index (χ0) is 25.5. The number of carboxylic acids is 1. The quantitative estimate of drug-likeness (QED) is 0.181. The molecular weight excluding hydrogens is 430 g/mol. The second kappa shape index (κ2) is 16.9. The molecule has 2 heterocycles. The van der Waals surface area contributed by atoms with Gasteiger partial charge in [0.2, 0.25) is 6.23 Å². The Morgan fingerprint density at radius 2 is 1.24 bits per heavy atom. The molecule has 202 valence electrons. The first-order valence-corrected chi connectivity index (χ1v) is 14.2. The minimum atomic E-state index is -0.833. The highest BCUT2D eigenvalue weighted by Gasteiger charge is 2.61. The molecule has 0 bridgehead atoms. The number of aliphatic hydroxyl groups excluding tert-OH is 1. The monoisotopic (exact) mass is 486 g/mol. The average Bonchev–Trinajstić information content (AvgIpc) is 3.24. The van der Waals surface area contributed by atoms with Crippen molar-refractivity contribution in [3.05, 3.63) is 0 Å². The van der Waals surface area contributed by atoms with Crippen LogP contribution in [0.3, 0.4) is 0 Å². The van der Waals surface area contributed by atoms with Crippen LogP contribution >= 0.6 is 0 Å². The van der Waals surface area contributed by atoms with Gasteiger partial charge in [-0.1, -0.05) is 78.1 Å². The third-order valence-corrected chi connectivity index (χ3v) is 7.36. The van der Waals surface area contributed by atoms with Crippen LogP contribution in [0.4, 0.5) is 0 Å². The zero-order valence-corrected chi connectivity index (χ0v) is 23.0. The van der Waals surface area contributed by atoms with Crippen molar-refractivity contribution in [2.45, 2.75) is 143 Å². The van der Waals surface area contributed by atoms with Gasteiger partial charge in [0.1, 0.15) is 6.10 Å². The van der Waals surface area contributed by atoms with Crippen LogP contribution in [0.5, 0.6) is 0 Å². The number of rotatable bonds is 17. The van der Waals surface area contributed by atoms with E-state index in [-0.39, 0.29) is 24.9 Å². The van der Waals surface area contributed by atoms with Crippen LogP contribution in [0.1, 0.15) is 125 Å². The van der Waals surface area contributed by atoms with Crippen LogP contribution in [-0.2, 0) is 14.3 Å². The molecule has 0 saturated carbocycles. The van der Waals surface area contributed by atoms with E-state index in [4.69, 9.17) is 19.4 Å². The summed E-state index contributed by atoms with van der Waals surface area (Å²) < 4.78 is 13.8. The molecule has 0 radical (unpaired) electrons. The first-order chi connectivity index (χ1) is 16.2. The van der Waals surface area contributed by atoms with E-state index < -0.39 is 11.8 Å². The van der Waals surface area contributed by atoms with Crippen molar-refractivity contribution in [3.63, 3.8) is 0 Å². The largest absolute Gasteiger partial charge is 0.481 e. The second-order valence-electron chi connectivity index (χ2n) is 11.0. The van der Waals surface area contributed by atoms with Crippen LogP contribution in [-0.4, -0.2) is 65.0 Å². The number of hydrogen-bond donors (Lipinski definition) is 2. The summed E-state index contributed by atoms with van der Waals surface area (Å²) >= 11 is 0. The van der Waals surface area contributed by atoms with Crippen LogP contribution in [0, 0.1) is 5.92 Å². The Hall–Kier alpha value is -0.690. The Kier molecular flexibility index (Phi) is 15.6. The van der Waals surface area contributed by atoms with Crippen LogP contribution in [0.2, 0.25) is 0 Å². The normalized spacial score (nSPS) is 24.5. The predicted molar refractivity (Wildman–Crippen MR) is 139 cm³/mol. The van der Waals surface area contributed by atoms with Gasteiger partial charge in [0, 0.05) is 6.92 Å². The van der Waals surface area contributed by atoms with Gasteiger partial charge in [-0.05, 0) is 39.5 Å². The Morgan fingerprint density at radius 1 is 0.824 bits per heavy atom. The summed E-state index contributed by atoms with van der Waals surface area (Å²) in [7, 11) is 0. The summed E-state index contributed by atoms with van der Waals surface area (Å²) in [6.45, 7) is 13.3. The van der Waals surface area contributed by atoms with E-state index in [2.05, 4.69) is 13.8 Å². The van der Waals surface area contributed by atoms with Crippen LogP contribution in [0.15, 0.2) is 0 Å². The summed E-state index contributed by atoms with van der Waals surface area (Å²) in [6, 6.07) is 0. The second-order valence-corrected chi connectivity index (χ2v) is 11.0. The SMILES string of the molecule is CC(=O)O.CCCCCCCCC[N+]1(CCCCCCCCC)C[C@@H](CO)[C@@H]2OC(C)(C)O[C@H]21. The van der Waals surface area contributed by atoms with E-state index in [0.717, 1.165) is 18.0 Å². The Labute approximate surface area is 210 Å². The van der Waals surface area contributed by atoms with Crippen LogP contribution in [0.25, 0.3) is 0 Å². The van der Waals surface area contributed by atoms with E-state index >= 15 is 0 Å². The van der Waals surface area contributed by atoms with Crippen molar-refractivity contribution in [2.24, 2.45) is 5.92 Å². The topological polar surface area (TPSA) is 76.0 Å². The molecule has 0 aliphatic carbocycles. The molecule has 34 heavy (non-hydrogen) atoms. The lowest BCUT2D eigenvalue weighted by Crippen LogP contribution is -2.55. The van der Waals surface area contributed by atoms with E-state index in [1.54, 1.807) is 0 Å². The molecule has 2 aliphatic rings. The highest BCUT2D eigenvalue weighted by atomic mass is 16.8. The van der Waals surface area contributed by atoms with E-state index in [0.29, 0.717) is 0 Å². The van der Waals surface area contributed by atoms with E-state index in [9.17, 15) is 5.11 Å². The Morgan fingerprint density at radius 3 is 1.65 bits per heavy atom. The summed E-state index contributed by atoms with van der Waals surface area (Å²) in [5.41, 5.74) is 0. The van der Waals surface area contributed by atoms with Crippen molar-refractivity contribution >= 4 is 5.97 Å². The fourth-order valence-corrected chi connectivity index (χ4v) is 5.68. The number of ether oxygens (including phenoxy) is 2. The first-order valence-electron chi connectivity index (χ1n) is 14.2. The summed E-state index contributed by atoms with van der Waals surface area (Å²) in [5, 5.41) is 17.5. The van der Waals surface area contributed by atoms with Crippen molar-refractivity contribution in [2.75, 3.05) is 26.2 Å². The minimum absolute atomic E-state index is 0.0547. The van der Waals surface area contributed by atoms with Crippen molar-refractivity contribution in [3.8, 4) is 0 Å². The molecule has 6 nitrogen and oxygen atoms in total. The summed E-state index contributed by atoms with van der Waals surface area (Å²) in [4.78, 5) is 9.00. The molecule has 2 fully saturated rings. The molecule has 3 atom stereocenters. The maximum Gasteiger partial charge on any atom is 0.300 e. The molecule has 0 spiro atoms. The first kappa shape index (κ1) is 31.3. The summed E-state index contributed by atoms with van der Waals surface area (Å²) in [6.07, 6.45) is 19.0. The third kappa shape index (κ3) is 11.4. The lowest BCUT2D eigenvalue weighted by molar-refractivity contribution is -0.961. The Bertz CT molecular complexity index is 517. The molecule has 2 N–H and O–H groups in total. The van der Waals surface area contributed by atoms with E-state index in [1.807, 2.05) is 13.8 Å². The smallest absolute Gasteiger partial charge is 0.300 e. The molecule has 2 saturated heterocycles. The number of nitrogens with zero attached hydrogens (tertiary/aromatic N) is 1. The molecule has 2 rings (SSSR count). The zero-order valence-electron chi connectivity index (χ0n) is 23.0. The number of carbonyl (C=O) groups is 1. The number of hydrogen-bond acceptors (Lipinski definition) is 4. The maximum absolute atomic E-state index is 10.1. The standard InChI is InChI=1S/C26H52NO3.C2H4O2/c1-5-7-9-11-13-15-17-19-27(20-18-16-14-12-10-8-6-2)21-23(22-28)24-25(27)30-26(3,4)29-24;1-2(3)4/h23-25,28H,5-22H2,1-4H3;1H3,(H,3,4)/q+1;/t23-,24-,25+;/m0./s1. The van der Waals surface area contributed by atoms with Gasteiger partial charge in [0.05, 0.1) is 32.2 Å². The molecule has 0 unspecified atom stereocenters. The third-order valence-electron chi connectivity index (χ3n) is 7.36. The summed E-state index contributed by atoms with van der Waals surface area (Å²) in [5.74, 6) is -1.14. The van der Waals surface area contributed by atoms with Gasteiger partial charge < -0.3 is 14.9 Å². The molecule has 6 heteroatoms. The number of aliphatic hydroxyl groups is 1. The number of quaternary nitrogens is 1. The van der Waals surface area contributed by atoms with Gasteiger partial charge in [-0.2, -0.15) is 0 Å². The van der Waals surface area contributed by atoms with Gasteiger partial charge in [-0.25, -0.2) is 0 Å². The maximum atomic E-state index is 10.1. The van der Waals surface area contributed by atoms with Crippen molar-refractivity contribution < 1.29 is 29.0 Å². The number of likely N-dealkylation sites (tertiary alicyclic amines) is 1. The minimum Gasteiger partial charge on any atom is -0.481 e. The number of unbranched alkanes of at least 4 members (excludes halogenated alkanes) is 12. The van der Waals surface area contributed by atoms with Gasteiger partial charge >= 0.3 is 0 Å². The molecule has 0 aromatic rings. The predicted octanol–water partition coefficient (Wildman–Crippen LogP) is 6.50. The fourth-order valence-electron chi connectivity index (χ4n) is 5.68. The lowest BCUT2D eigenvalue weighted by Gasteiger charge is -2.39. The highest BCUT2D eigenvalue weighted by Crippen LogP contribution is 2.44. The molecule has 0 aromatic heterocycles. The fraction of sp³-hybridized carbons (Fsp3) is 0.964. The molecule has 2 aliphatic heterocycles. The Balaban J connectivity index is 0.00000133. The number of aliphatic carboxylic acids is 1. The number of carboxylic acid groups (broad SMARTS) is 1. The van der Waals surface area contributed by atoms with Gasteiger partial charge in [-0.3, -0.25) is 14.0 Å². The van der Waals surface area contributed by atoms with Crippen LogP contribution < -0.4 is 0 Å². The molecule has 0 amide bonds. The highest BCUT2D eigenvalue weighted by molar-refractivity contribution is 5.62. The van der Waals surface area contributed by atoms with Gasteiger partial charge in [0.15, 0.2) is 5.79 Å².